The third-order valence-corrected chi connectivity index (χ3v) is 4.21. The van der Waals surface area contributed by atoms with Crippen LogP contribution in [0.3, 0.4) is 0 Å². The molecule has 1 aliphatic rings. The van der Waals surface area contributed by atoms with Crippen LogP contribution in [-0.4, -0.2) is 15.7 Å². The second-order valence-electron chi connectivity index (χ2n) is 5.63. The molecule has 120 valence electrons. The Morgan fingerprint density at radius 3 is 2.33 bits per heavy atom. The van der Waals surface area contributed by atoms with Gasteiger partial charge in [-0.1, -0.05) is 36.4 Å². The highest BCUT2D eigenvalue weighted by atomic mass is 16.5. The van der Waals surface area contributed by atoms with Crippen LogP contribution < -0.4 is 10.1 Å². The van der Waals surface area contributed by atoms with Crippen LogP contribution in [0, 0.1) is 0 Å². The van der Waals surface area contributed by atoms with Crippen LogP contribution in [0.1, 0.15) is 24.0 Å². The summed E-state index contributed by atoms with van der Waals surface area (Å²) < 4.78 is 7.70. The van der Waals surface area contributed by atoms with Crippen LogP contribution in [-0.2, 0) is 11.3 Å². The fourth-order valence-electron chi connectivity index (χ4n) is 3.08. The Kier molecular flexibility index (Phi) is 3.54. The number of nitrogens with one attached hydrogen (secondary N) is 1. The minimum absolute atomic E-state index is 0.0894. The maximum absolute atomic E-state index is 13.1. The van der Waals surface area contributed by atoms with Crippen molar-refractivity contribution < 1.29 is 9.53 Å². The fourth-order valence-corrected chi connectivity index (χ4v) is 3.08. The van der Waals surface area contributed by atoms with Crippen molar-refractivity contribution in [3.05, 3.63) is 71.9 Å². The van der Waals surface area contributed by atoms with E-state index < -0.39 is 5.92 Å². The lowest BCUT2D eigenvalue weighted by Gasteiger charge is -2.27. The molecule has 5 heteroatoms. The molecule has 4 rings (SSSR count). The average Bonchev–Trinajstić information content (AvgIpc) is 3.06. The van der Waals surface area contributed by atoms with Gasteiger partial charge in [-0.3, -0.25) is 4.79 Å². The quantitative estimate of drug-likeness (QED) is 0.799. The van der Waals surface area contributed by atoms with Crippen molar-refractivity contribution in [3.63, 3.8) is 0 Å². The van der Waals surface area contributed by atoms with Crippen LogP contribution in [0.2, 0.25) is 0 Å². The van der Waals surface area contributed by atoms with Gasteiger partial charge < -0.3 is 10.1 Å². The summed E-state index contributed by atoms with van der Waals surface area (Å²) in [6, 6.07) is 17.1. The van der Waals surface area contributed by atoms with Gasteiger partial charge in [0.1, 0.15) is 17.3 Å². The van der Waals surface area contributed by atoms with Crippen molar-refractivity contribution in [3.8, 4) is 11.5 Å². The molecule has 1 aliphatic heterocycles. The van der Waals surface area contributed by atoms with Crippen LogP contribution >= 0.6 is 0 Å². The van der Waals surface area contributed by atoms with E-state index in [9.17, 15) is 4.79 Å². The smallest absolute Gasteiger partial charge is 0.237 e. The molecule has 2 aromatic carbocycles. The monoisotopic (exact) mass is 319 g/mol. The first-order valence-electron chi connectivity index (χ1n) is 7.96. The Balaban J connectivity index is 1.75. The summed E-state index contributed by atoms with van der Waals surface area (Å²) in [6.45, 7) is 2.69. The molecule has 0 bridgehead atoms. The van der Waals surface area contributed by atoms with E-state index in [0.717, 1.165) is 22.6 Å². The molecule has 1 amide bonds. The standard InChI is InChI=1S/C19H17N3O2/c1-2-22-17(11-12-20-22)21-19(23)18-13-7-3-5-9-15(13)24-16-10-6-4-8-14(16)18/h3-12,18H,2H2,1H3,(H,21,23). The first kappa shape index (κ1) is 14.5. The zero-order valence-electron chi connectivity index (χ0n) is 13.3. The minimum Gasteiger partial charge on any atom is -0.457 e. The number of hydrogen-bond acceptors (Lipinski definition) is 3. The van der Waals surface area contributed by atoms with E-state index in [0.29, 0.717) is 12.4 Å². The highest BCUT2D eigenvalue weighted by Gasteiger charge is 2.32. The molecular weight excluding hydrogens is 302 g/mol. The molecule has 1 aromatic heterocycles. The number of para-hydroxylation sites is 2. The predicted octanol–water partition coefficient (Wildman–Crippen LogP) is 3.78. The summed E-state index contributed by atoms with van der Waals surface area (Å²) in [7, 11) is 0. The van der Waals surface area contributed by atoms with Gasteiger partial charge in [-0.15, -0.1) is 0 Å². The normalized spacial score (nSPS) is 12.9. The first-order valence-corrected chi connectivity index (χ1v) is 7.96. The first-order chi connectivity index (χ1) is 11.8. The highest BCUT2D eigenvalue weighted by Crippen LogP contribution is 2.44. The topological polar surface area (TPSA) is 56.2 Å². The summed E-state index contributed by atoms with van der Waals surface area (Å²) in [5, 5.41) is 7.20. The molecule has 0 atom stereocenters. The third kappa shape index (κ3) is 2.34. The van der Waals surface area contributed by atoms with Gasteiger partial charge >= 0.3 is 0 Å². The number of ether oxygens (including phenoxy) is 1. The Hall–Kier alpha value is -3.08. The van der Waals surface area contributed by atoms with E-state index in [1.54, 1.807) is 16.9 Å². The lowest BCUT2D eigenvalue weighted by atomic mass is 9.87. The van der Waals surface area contributed by atoms with Crippen LogP contribution in [0.15, 0.2) is 60.8 Å². The number of carbonyl (C=O) groups is 1. The fraction of sp³-hybridized carbons (Fsp3) is 0.158. The van der Waals surface area contributed by atoms with Gasteiger partial charge in [-0.05, 0) is 19.1 Å². The minimum atomic E-state index is -0.411. The second kappa shape index (κ2) is 5.85. The number of carbonyl (C=O) groups excluding carboxylic acids is 1. The number of fused-ring (bicyclic) bond motifs is 2. The number of nitrogens with zero attached hydrogens (tertiary/aromatic N) is 2. The van der Waals surface area contributed by atoms with E-state index in [1.807, 2.05) is 55.5 Å². The van der Waals surface area contributed by atoms with Crippen molar-refractivity contribution in [2.24, 2.45) is 0 Å². The van der Waals surface area contributed by atoms with E-state index >= 15 is 0 Å². The molecule has 0 radical (unpaired) electrons. The predicted molar refractivity (Wildman–Crippen MR) is 91.3 cm³/mol. The molecule has 24 heavy (non-hydrogen) atoms. The summed E-state index contributed by atoms with van der Waals surface area (Å²) in [6.07, 6.45) is 1.69. The van der Waals surface area contributed by atoms with E-state index in [4.69, 9.17) is 4.74 Å². The molecule has 1 N–H and O–H groups in total. The Morgan fingerprint density at radius 2 is 1.71 bits per heavy atom. The number of anilines is 1. The summed E-state index contributed by atoms with van der Waals surface area (Å²) in [4.78, 5) is 13.1. The maximum atomic E-state index is 13.1. The van der Waals surface area contributed by atoms with Gasteiger partial charge in [0.25, 0.3) is 0 Å². The summed E-state index contributed by atoms with van der Waals surface area (Å²) >= 11 is 0. The van der Waals surface area contributed by atoms with Gasteiger partial charge in [-0.25, -0.2) is 4.68 Å². The van der Waals surface area contributed by atoms with E-state index in [1.165, 1.54) is 0 Å². The molecule has 0 unspecified atom stereocenters. The van der Waals surface area contributed by atoms with Gasteiger partial charge in [-0.2, -0.15) is 5.10 Å². The van der Waals surface area contributed by atoms with E-state index in [-0.39, 0.29) is 5.91 Å². The summed E-state index contributed by atoms with van der Waals surface area (Å²) in [5.74, 6) is 1.64. The van der Waals surface area contributed by atoms with Gasteiger partial charge in [0, 0.05) is 23.7 Å². The number of hydrogen-bond donors (Lipinski definition) is 1. The molecule has 2 heterocycles. The van der Waals surface area contributed by atoms with Gasteiger partial charge in [0.15, 0.2) is 0 Å². The number of amides is 1. The Labute approximate surface area is 139 Å². The van der Waals surface area contributed by atoms with E-state index in [2.05, 4.69) is 10.4 Å². The van der Waals surface area contributed by atoms with Crippen LogP contribution in [0.4, 0.5) is 5.82 Å². The Bertz CT molecular complexity index is 855. The molecular formula is C19H17N3O2. The molecule has 0 saturated heterocycles. The zero-order valence-corrected chi connectivity index (χ0v) is 13.3. The maximum Gasteiger partial charge on any atom is 0.237 e. The lowest BCUT2D eigenvalue weighted by molar-refractivity contribution is -0.116. The zero-order chi connectivity index (χ0) is 16.5. The number of benzene rings is 2. The van der Waals surface area contributed by atoms with Crippen LogP contribution in [0.5, 0.6) is 11.5 Å². The largest absolute Gasteiger partial charge is 0.457 e. The molecule has 5 nitrogen and oxygen atoms in total. The molecule has 0 spiro atoms. The molecule has 0 aliphatic carbocycles. The second-order valence-corrected chi connectivity index (χ2v) is 5.63. The number of rotatable bonds is 3. The van der Waals surface area contributed by atoms with Crippen molar-refractivity contribution in [1.29, 1.82) is 0 Å². The highest BCUT2D eigenvalue weighted by molar-refractivity contribution is 5.99. The molecule has 0 fully saturated rings. The average molecular weight is 319 g/mol. The number of aromatic nitrogens is 2. The third-order valence-electron chi connectivity index (χ3n) is 4.21. The lowest BCUT2D eigenvalue weighted by Crippen LogP contribution is -2.26. The molecule has 0 saturated carbocycles. The summed E-state index contributed by atoms with van der Waals surface area (Å²) in [5.41, 5.74) is 1.74. The number of aryl methyl sites for hydroxylation is 1. The van der Waals surface area contributed by atoms with Gasteiger partial charge in [0.05, 0.1) is 12.1 Å². The Morgan fingerprint density at radius 1 is 1.08 bits per heavy atom. The van der Waals surface area contributed by atoms with Crippen molar-refractivity contribution in [2.75, 3.05) is 5.32 Å². The molecule has 3 aromatic rings. The SMILES string of the molecule is CCn1nccc1NC(=O)C1c2ccccc2Oc2ccccc21. The van der Waals surface area contributed by atoms with Gasteiger partial charge in [0.2, 0.25) is 5.91 Å². The van der Waals surface area contributed by atoms with Crippen molar-refractivity contribution >= 4 is 11.7 Å². The van der Waals surface area contributed by atoms with Crippen molar-refractivity contribution in [2.45, 2.75) is 19.4 Å². The van der Waals surface area contributed by atoms with Crippen LogP contribution in [0.25, 0.3) is 0 Å². The van der Waals surface area contributed by atoms with Crippen molar-refractivity contribution in [1.82, 2.24) is 9.78 Å².